The summed E-state index contributed by atoms with van der Waals surface area (Å²) in [5.41, 5.74) is 0. The van der Waals surface area contributed by atoms with Crippen LogP contribution >= 0.6 is 0 Å². The SMILES string of the molecule is CCC(C)O[Si](O)(OC(C)CC)OC(C)CC.CCCCO.CCCCO.CCCCO.[Ti]. The number of hydrogen-bond donors (Lipinski definition) is 4. The van der Waals surface area contributed by atoms with Crippen LogP contribution in [0.3, 0.4) is 0 Å². The van der Waals surface area contributed by atoms with Crippen LogP contribution in [0.4, 0.5) is 0 Å². The predicted molar refractivity (Wildman–Crippen MR) is 136 cm³/mol. The van der Waals surface area contributed by atoms with E-state index in [0.29, 0.717) is 19.8 Å². The van der Waals surface area contributed by atoms with Crippen LogP contribution in [0.5, 0.6) is 0 Å². The third kappa shape index (κ3) is 40.1. The molecule has 0 amide bonds. The first-order valence-corrected chi connectivity index (χ1v) is 14.4. The van der Waals surface area contributed by atoms with Crippen molar-refractivity contribution < 1.29 is 55.1 Å². The van der Waals surface area contributed by atoms with Crippen molar-refractivity contribution in [2.45, 2.75) is 138 Å². The van der Waals surface area contributed by atoms with Crippen LogP contribution in [0.25, 0.3) is 0 Å². The monoisotopic (exact) mass is 534 g/mol. The Balaban J connectivity index is -0.000000133. The van der Waals surface area contributed by atoms with Gasteiger partial charge < -0.3 is 33.4 Å². The second kappa shape index (κ2) is 34.8. The molecule has 0 rings (SSSR count). The number of aliphatic hydroxyl groups excluding tert-OH is 3. The van der Waals surface area contributed by atoms with Gasteiger partial charge in [-0.3, -0.25) is 0 Å². The second-order valence-corrected chi connectivity index (χ2v) is 9.52. The quantitative estimate of drug-likeness (QED) is 0.214. The average Bonchev–Trinajstić information content (AvgIpc) is 2.76. The van der Waals surface area contributed by atoms with Crippen molar-refractivity contribution in [3.8, 4) is 0 Å². The molecule has 0 aromatic heterocycles. The minimum atomic E-state index is -3.50. The molecule has 33 heavy (non-hydrogen) atoms. The predicted octanol–water partition coefficient (Wildman–Crippen LogP) is 5.19. The van der Waals surface area contributed by atoms with Gasteiger partial charge in [-0.05, 0) is 59.3 Å². The zero-order valence-corrected chi connectivity index (χ0v) is 25.8. The van der Waals surface area contributed by atoms with Crippen molar-refractivity contribution in [3.63, 3.8) is 0 Å². The van der Waals surface area contributed by atoms with E-state index < -0.39 is 9.05 Å². The van der Waals surface area contributed by atoms with Gasteiger partial charge in [0.25, 0.3) is 0 Å². The van der Waals surface area contributed by atoms with Gasteiger partial charge in [0.1, 0.15) is 0 Å². The molecule has 0 spiro atoms. The van der Waals surface area contributed by atoms with E-state index >= 15 is 0 Å². The third-order valence-electron chi connectivity index (χ3n) is 4.31. The number of aliphatic hydroxyl groups is 3. The van der Waals surface area contributed by atoms with Gasteiger partial charge in [-0.1, -0.05) is 60.8 Å². The fourth-order valence-electron chi connectivity index (χ4n) is 1.57. The van der Waals surface area contributed by atoms with Crippen LogP contribution in [-0.4, -0.2) is 67.3 Å². The van der Waals surface area contributed by atoms with Crippen LogP contribution in [0, 0.1) is 0 Å². The maximum Gasteiger partial charge on any atom is 0.677 e. The first kappa shape index (κ1) is 43.7. The number of unbranched alkanes of at least 4 members (excludes halogenated alkanes) is 3. The summed E-state index contributed by atoms with van der Waals surface area (Å²) >= 11 is 0. The Bertz CT molecular complexity index is 278. The molecule has 9 heteroatoms. The molecule has 0 aromatic rings. The summed E-state index contributed by atoms with van der Waals surface area (Å²) in [6, 6.07) is 0. The molecule has 3 atom stereocenters. The van der Waals surface area contributed by atoms with Gasteiger partial charge in [-0.15, -0.1) is 0 Å². The number of hydrogen-bond acceptors (Lipinski definition) is 7. The smallest absolute Gasteiger partial charge is 0.396 e. The fourth-order valence-corrected chi connectivity index (χ4v) is 3.76. The molecule has 0 fully saturated rings. The molecule has 0 aliphatic carbocycles. The van der Waals surface area contributed by atoms with E-state index in [-0.39, 0.29) is 40.0 Å². The Labute approximate surface area is 222 Å². The van der Waals surface area contributed by atoms with E-state index in [2.05, 4.69) is 20.8 Å². The summed E-state index contributed by atoms with van der Waals surface area (Å²) in [7, 11) is -3.50. The minimum absolute atomic E-state index is 0. The van der Waals surface area contributed by atoms with Crippen LogP contribution in [0.1, 0.15) is 120 Å². The molecular formula is C24H58O7SiTi. The topological polar surface area (TPSA) is 109 Å². The van der Waals surface area contributed by atoms with E-state index in [1.807, 2.05) is 41.5 Å². The first-order chi connectivity index (χ1) is 15.1. The Kier molecular flexibility index (Phi) is 46.1. The zero-order valence-electron chi connectivity index (χ0n) is 23.2. The molecule has 0 saturated carbocycles. The van der Waals surface area contributed by atoms with Crippen LogP contribution in [0.15, 0.2) is 0 Å². The third-order valence-corrected chi connectivity index (χ3v) is 6.41. The summed E-state index contributed by atoms with van der Waals surface area (Å²) in [5.74, 6) is 0. The van der Waals surface area contributed by atoms with Crippen molar-refractivity contribution in [2.24, 2.45) is 0 Å². The van der Waals surface area contributed by atoms with E-state index in [9.17, 15) is 4.80 Å². The van der Waals surface area contributed by atoms with Crippen molar-refractivity contribution in [1.82, 2.24) is 0 Å². The Morgan fingerprint density at radius 1 is 0.545 bits per heavy atom. The molecule has 0 aliphatic rings. The molecule has 204 valence electrons. The van der Waals surface area contributed by atoms with Crippen molar-refractivity contribution in [3.05, 3.63) is 0 Å². The van der Waals surface area contributed by atoms with Crippen molar-refractivity contribution in [1.29, 1.82) is 0 Å². The molecular weight excluding hydrogens is 476 g/mol. The molecule has 7 nitrogen and oxygen atoms in total. The van der Waals surface area contributed by atoms with Gasteiger partial charge in [0.2, 0.25) is 0 Å². The average molecular weight is 535 g/mol. The van der Waals surface area contributed by atoms with Crippen LogP contribution in [-0.2, 0) is 35.0 Å². The first-order valence-electron chi connectivity index (χ1n) is 12.7. The Hall–Kier alpha value is 0.651. The molecule has 0 radical (unpaired) electrons. The summed E-state index contributed by atoms with van der Waals surface area (Å²) in [4.78, 5) is 10.4. The zero-order chi connectivity index (χ0) is 25.8. The van der Waals surface area contributed by atoms with Gasteiger partial charge in [-0.25, -0.2) is 0 Å². The standard InChI is InChI=1S/C12H28O4Si.3C4H10O.Ti/c1-7-10(4)14-17(13,15-11(5)8-2)16-12(6)9-3;3*1-2-3-4-5;/h10-13H,7-9H2,1-6H3;3*5H,2-4H2,1H3;. The van der Waals surface area contributed by atoms with Gasteiger partial charge in [0.15, 0.2) is 0 Å². The Morgan fingerprint density at radius 2 is 0.758 bits per heavy atom. The molecule has 0 saturated heterocycles. The minimum Gasteiger partial charge on any atom is -0.396 e. The summed E-state index contributed by atoms with van der Waals surface area (Å²) < 4.78 is 16.7. The normalized spacial score (nSPS) is 14.5. The van der Waals surface area contributed by atoms with Crippen molar-refractivity contribution in [2.75, 3.05) is 19.8 Å². The van der Waals surface area contributed by atoms with E-state index in [0.717, 1.165) is 57.8 Å². The van der Waals surface area contributed by atoms with Crippen LogP contribution < -0.4 is 0 Å². The van der Waals surface area contributed by atoms with Gasteiger partial charge in [-0.2, -0.15) is 0 Å². The van der Waals surface area contributed by atoms with Gasteiger partial charge >= 0.3 is 9.05 Å². The number of rotatable bonds is 15. The Morgan fingerprint density at radius 3 is 0.848 bits per heavy atom. The molecule has 0 heterocycles. The molecule has 0 aliphatic heterocycles. The van der Waals surface area contributed by atoms with E-state index in [1.165, 1.54) is 0 Å². The van der Waals surface area contributed by atoms with Gasteiger partial charge in [0, 0.05) is 59.9 Å². The maximum atomic E-state index is 10.4. The largest absolute Gasteiger partial charge is 0.677 e. The molecule has 3 unspecified atom stereocenters. The van der Waals surface area contributed by atoms with E-state index in [1.54, 1.807) is 0 Å². The summed E-state index contributed by atoms with van der Waals surface area (Å²) in [6.07, 6.45) is 8.41. The molecule has 0 aromatic carbocycles. The fraction of sp³-hybridized carbons (Fsp3) is 1.00. The summed E-state index contributed by atoms with van der Waals surface area (Å²) in [5, 5.41) is 24.2. The van der Waals surface area contributed by atoms with Crippen LogP contribution in [0.2, 0.25) is 0 Å². The molecule has 4 N–H and O–H groups in total. The van der Waals surface area contributed by atoms with Crippen molar-refractivity contribution >= 4 is 9.05 Å². The second-order valence-electron chi connectivity index (χ2n) is 7.77. The molecule has 0 bridgehead atoms. The summed E-state index contributed by atoms with van der Waals surface area (Å²) in [6.45, 7) is 18.9. The van der Waals surface area contributed by atoms with Gasteiger partial charge in [0.05, 0.1) is 0 Å². The van der Waals surface area contributed by atoms with E-state index in [4.69, 9.17) is 28.6 Å². The maximum absolute atomic E-state index is 10.4.